The molecule has 1 amide bonds. The molecule has 1 saturated carbocycles. The van der Waals surface area contributed by atoms with E-state index >= 15 is 0 Å². The molecule has 1 fully saturated rings. The van der Waals surface area contributed by atoms with E-state index in [2.05, 4.69) is 4.98 Å². The van der Waals surface area contributed by atoms with Crippen molar-refractivity contribution in [3.63, 3.8) is 0 Å². The zero-order chi connectivity index (χ0) is 24.1. The molecule has 0 unspecified atom stereocenters. The Labute approximate surface area is 190 Å². The Morgan fingerprint density at radius 2 is 2.03 bits per heavy atom. The summed E-state index contributed by atoms with van der Waals surface area (Å²) < 4.78 is 6.79. The molecule has 1 aromatic heterocycles. The first kappa shape index (κ1) is 24.0. The summed E-state index contributed by atoms with van der Waals surface area (Å²) >= 11 is 0. The van der Waals surface area contributed by atoms with Gasteiger partial charge in [0.1, 0.15) is 5.82 Å². The number of ether oxygens (including phenoxy) is 1. The van der Waals surface area contributed by atoms with E-state index in [1.54, 1.807) is 13.0 Å². The molecular formula is C22H29N5O6. The highest BCUT2D eigenvalue weighted by Gasteiger charge is 2.33. The van der Waals surface area contributed by atoms with Crippen molar-refractivity contribution in [2.24, 2.45) is 0 Å². The minimum absolute atomic E-state index is 0.0416. The van der Waals surface area contributed by atoms with Crippen LogP contribution in [0, 0.1) is 17.0 Å². The van der Waals surface area contributed by atoms with Crippen LogP contribution in [-0.2, 0) is 11.3 Å². The van der Waals surface area contributed by atoms with E-state index < -0.39 is 28.7 Å². The third-order valence-corrected chi connectivity index (χ3v) is 5.81. The van der Waals surface area contributed by atoms with Crippen molar-refractivity contribution in [3.05, 3.63) is 54.7 Å². The van der Waals surface area contributed by atoms with Crippen LogP contribution in [0.4, 0.5) is 17.2 Å². The largest absolute Gasteiger partial charge is 0.477 e. The van der Waals surface area contributed by atoms with E-state index in [9.17, 15) is 24.5 Å². The van der Waals surface area contributed by atoms with Gasteiger partial charge >= 0.3 is 11.4 Å². The van der Waals surface area contributed by atoms with Crippen molar-refractivity contribution in [1.29, 1.82) is 0 Å². The molecule has 0 bridgehead atoms. The van der Waals surface area contributed by atoms with Crippen LogP contribution in [-0.4, -0.2) is 33.0 Å². The van der Waals surface area contributed by atoms with Crippen molar-refractivity contribution in [1.82, 2.24) is 9.55 Å². The number of benzene rings is 1. The molecule has 1 heterocycles. The highest BCUT2D eigenvalue weighted by atomic mass is 16.6. The third-order valence-electron chi connectivity index (χ3n) is 5.81. The lowest BCUT2D eigenvalue weighted by atomic mass is 10.2. The van der Waals surface area contributed by atoms with Gasteiger partial charge in [-0.05, 0) is 37.8 Å². The van der Waals surface area contributed by atoms with Gasteiger partial charge in [-0.1, -0.05) is 32.3 Å². The first-order chi connectivity index (χ1) is 15.7. The lowest BCUT2D eigenvalue weighted by molar-refractivity contribution is -0.385. The number of nitrogens with zero attached hydrogens (tertiary/aromatic N) is 3. The number of H-pyrrole nitrogens is 1. The summed E-state index contributed by atoms with van der Waals surface area (Å²) in [6.07, 6.45) is 4.59. The minimum atomic E-state index is -0.744. The summed E-state index contributed by atoms with van der Waals surface area (Å²) in [7, 11) is 0. The minimum Gasteiger partial charge on any atom is -0.477 e. The number of nitrogen functional groups attached to an aromatic ring is 1. The summed E-state index contributed by atoms with van der Waals surface area (Å²) in [5, 5.41) is 11.4. The number of nitrogens with one attached hydrogen (secondary N) is 1. The maximum atomic E-state index is 13.3. The number of nitrogens with two attached hydrogens (primary N) is 1. The van der Waals surface area contributed by atoms with E-state index in [-0.39, 0.29) is 29.0 Å². The predicted octanol–water partition coefficient (Wildman–Crippen LogP) is 2.49. The normalized spacial score (nSPS) is 13.8. The van der Waals surface area contributed by atoms with E-state index in [0.717, 1.165) is 19.3 Å². The molecule has 2 aromatic rings. The fraction of sp³-hybridized carbons (Fsp3) is 0.500. The number of nitro groups is 1. The second-order valence-electron chi connectivity index (χ2n) is 8.22. The van der Waals surface area contributed by atoms with Gasteiger partial charge in [-0.25, -0.2) is 4.79 Å². The number of unbranched alkanes of at least 4 members (excludes halogenated alkanes) is 1. The Kier molecular flexibility index (Phi) is 7.52. The highest BCUT2D eigenvalue weighted by Crippen LogP contribution is 2.31. The van der Waals surface area contributed by atoms with Gasteiger partial charge in [0.25, 0.3) is 11.5 Å². The van der Waals surface area contributed by atoms with E-state index in [1.165, 1.54) is 21.6 Å². The molecule has 3 rings (SSSR count). The van der Waals surface area contributed by atoms with Gasteiger partial charge in [0.15, 0.2) is 18.0 Å². The van der Waals surface area contributed by atoms with Crippen LogP contribution in [0.2, 0.25) is 0 Å². The predicted molar refractivity (Wildman–Crippen MR) is 124 cm³/mol. The average Bonchev–Trinajstić information content (AvgIpc) is 3.29. The summed E-state index contributed by atoms with van der Waals surface area (Å²) in [6, 6.07) is 4.16. The number of aryl methyl sites for hydroxylation is 1. The lowest BCUT2D eigenvalue weighted by Crippen LogP contribution is -2.47. The first-order valence-electron chi connectivity index (χ1n) is 11.1. The number of hydrogen-bond donors (Lipinski definition) is 2. The monoisotopic (exact) mass is 459 g/mol. The van der Waals surface area contributed by atoms with Crippen molar-refractivity contribution >= 4 is 23.1 Å². The maximum absolute atomic E-state index is 13.3. The van der Waals surface area contributed by atoms with Crippen molar-refractivity contribution in [2.45, 2.75) is 65.0 Å². The summed E-state index contributed by atoms with van der Waals surface area (Å²) in [6.45, 7) is 3.47. The second kappa shape index (κ2) is 10.3. The average molecular weight is 460 g/mol. The Bertz CT molecular complexity index is 1150. The molecule has 0 saturated heterocycles. The molecule has 11 heteroatoms. The quantitative estimate of drug-likeness (QED) is 0.431. The Morgan fingerprint density at radius 1 is 1.33 bits per heavy atom. The number of nitro benzene ring substituents is 1. The summed E-state index contributed by atoms with van der Waals surface area (Å²) in [4.78, 5) is 52.7. The van der Waals surface area contributed by atoms with E-state index in [4.69, 9.17) is 10.5 Å². The molecule has 11 nitrogen and oxygen atoms in total. The molecule has 0 atom stereocenters. The molecule has 0 spiro atoms. The number of aromatic amines is 1. The maximum Gasteiger partial charge on any atom is 0.330 e. The topological polar surface area (TPSA) is 154 Å². The molecule has 1 aliphatic carbocycles. The number of carbonyl (C=O) groups is 1. The number of anilines is 2. The number of carbonyl (C=O) groups excluding carboxylic acids is 1. The van der Waals surface area contributed by atoms with Crippen LogP contribution in [0.15, 0.2) is 27.8 Å². The van der Waals surface area contributed by atoms with Crippen LogP contribution in [0.3, 0.4) is 0 Å². The van der Waals surface area contributed by atoms with Crippen LogP contribution >= 0.6 is 0 Å². The van der Waals surface area contributed by atoms with E-state index in [1.807, 2.05) is 6.92 Å². The van der Waals surface area contributed by atoms with Gasteiger partial charge in [0.2, 0.25) is 0 Å². The molecule has 178 valence electrons. The number of amides is 1. The second-order valence-corrected chi connectivity index (χ2v) is 8.22. The Balaban J connectivity index is 1.97. The van der Waals surface area contributed by atoms with Crippen LogP contribution in [0.25, 0.3) is 0 Å². The molecule has 3 N–H and O–H groups in total. The van der Waals surface area contributed by atoms with Crippen LogP contribution in [0.1, 0.15) is 51.0 Å². The molecule has 1 aromatic carbocycles. The van der Waals surface area contributed by atoms with Gasteiger partial charge in [-0.15, -0.1) is 0 Å². The zero-order valence-electron chi connectivity index (χ0n) is 18.8. The number of aromatic nitrogens is 2. The van der Waals surface area contributed by atoms with Crippen LogP contribution in [0.5, 0.6) is 5.75 Å². The Hall–Kier alpha value is -3.63. The smallest absolute Gasteiger partial charge is 0.330 e. The number of hydrogen-bond acceptors (Lipinski definition) is 7. The third kappa shape index (κ3) is 5.24. The standard InChI is InChI=1S/C22H29N5O6/c1-3-4-11-25-20(23)19(21(29)24-22(25)30)26(15-7-5-6-8-15)18(28)13-33-17-10-9-14(2)12-16(17)27(31)32/h9-10,12,15H,3-8,11,13,23H2,1-2H3,(H,24,29,30). The molecule has 0 aliphatic heterocycles. The van der Waals surface area contributed by atoms with Gasteiger partial charge < -0.3 is 10.5 Å². The lowest BCUT2D eigenvalue weighted by Gasteiger charge is -2.29. The summed E-state index contributed by atoms with van der Waals surface area (Å²) in [5.74, 6) is -0.673. The first-order valence-corrected chi connectivity index (χ1v) is 11.1. The van der Waals surface area contributed by atoms with E-state index in [0.29, 0.717) is 31.4 Å². The zero-order valence-corrected chi connectivity index (χ0v) is 18.8. The highest BCUT2D eigenvalue weighted by molar-refractivity contribution is 5.97. The molecule has 33 heavy (non-hydrogen) atoms. The van der Waals surface area contributed by atoms with Crippen molar-refractivity contribution < 1.29 is 14.5 Å². The fourth-order valence-electron chi connectivity index (χ4n) is 4.12. The fourth-order valence-corrected chi connectivity index (χ4v) is 4.12. The van der Waals surface area contributed by atoms with Gasteiger partial charge in [0, 0.05) is 18.7 Å². The van der Waals surface area contributed by atoms with Crippen molar-refractivity contribution in [3.8, 4) is 5.75 Å². The molecule has 0 radical (unpaired) electrons. The van der Waals surface area contributed by atoms with Gasteiger partial charge in [0.05, 0.1) is 4.92 Å². The molecular weight excluding hydrogens is 430 g/mol. The summed E-state index contributed by atoms with van der Waals surface area (Å²) in [5.41, 5.74) is 5.22. The van der Waals surface area contributed by atoms with Gasteiger partial charge in [-0.2, -0.15) is 0 Å². The SMILES string of the molecule is CCCCn1c(N)c(N(C(=O)COc2ccc(C)cc2[N+](=O)[O-])C2CCCC2)c(=O)[nH]c1=O. The number of rotatable bonds is 9. The van der Waals surface area contributed by atoms with Crippen LogP contribution < -0.4 is 26.6 Å². The van der Waals surface area contributed by atoms with Gasteiger partial charge in [-0.3, -0.25) is 34.2 Å². The Morgan fingerprint density at radius 3 is 2.67 bits per heavy atom. The van der Waals surface area contributed by atoms with Crippen molar-refractivity contribution in [2.75, 3.05) is 17.2 Å². The molecule has 1 aliphatic rings.